The minimum atomic E-state index is -1.60. The predicted octanol–water partition coefficient (Wildman–Crippen LogP) is 1.21. The van der Waals surface area contributed by atoms with Crippen LogP contribution in [-0.4, -0.2) is 66.1 Å². The molecule has 3 aromatic heterocycles. The molecule has 1 aliphatic heterocycles. The van der Waals surface area contributed by atoms with Crippen molar-refractivity contribution < 1.29 is 24.2 Å². The van der Waals surface area contributed by atoms with Crippen molar-refractivity contribution in [2.45, 2.75) is 31.5 Å². The average molecular weight is 515 g/mol. The fourth-order valence-electron chi connectivity index (χ4n) is 4.59. The molecule has 0 spiro atoms. The monoisotopic (exact) mass is 514 g/mol. The molecule has 1 fully saturated rings. The van der Waals surface area contributed by atoms with Gasteiger partial charge >= 0.3 is 0 Å². The molecule has 4 N–H and O–H groups in total. The highest BCUT2D eigenvalue weighted by atomic mass is 16.4. The molecule has 11 nitrogen and oxygen atoms in total. The van der Waals surface area contributed by atoms with Crippen molar-refractivity contribution in [3.8, 4) is 23.2 Å². The summed E-state index contributed by atoms with van der Waals surface area (Å²) in [5.74, 6) is 5.02. The first-order valence-electron chi connectivity index (χ1n) is 11.9. The third-order valence-corrected chi connectivity index (χ3v) is 6.63. The summed E-state index contributed by atoms with van der Waals surface area (Å²) in [6, 6.07) is 8.72. The van der Waals surface area contributed by atoms with E-state index < -0.39 is 23.5 Å². The molecule has 11 heteroatoms. The molecule has 3 atom stereocenters. The lowest BCUT2D eigenvalue weighted by Gasteiger charge is -2.13. The maximum absolute atomic E-state index is 12.4. The molecule has 0 bridgehead atoms. The van der Waals surface area contributed by atoms with Crippen molar-refractivity contribution in [3.63, 3.8) is 0 Å². The smallest absolute Gasteiger partial charge is 0.268 e. The molecule has 0 saturated carbocycles. The third-order valence-electron chi connectivity index (χ3n) is 6.63. The highest BCUT2D eigenvalue weighted by molar-refractivity contribution is 6.04. The summed E-state index contributed by atoms with van der Waals surface area (Å²) in [6.07, 6.45) is 0.314. The lowest BCUT2D eigenvalue weighted by atomic mass is 10.0. The SMILES string of the molecule is Cc1cnc(C(C)(O)C#Cc2cccc(-c3nc(C(N)=O)c4cc(C5CN(C)C(=O)C5O)n(C)c4n3)c2)o1. The van der Waals surface area contributed by atoms with Gasteiger partial charge in [0.1, 0.15) is 23.2 Å². The molecule has 1 saturated heterocycles. The van der Waals surface area contributed by atoms with E-state index in [1.54, 1.807) is 55.9 Å². The quantitative estimate of drug-likeness (QED) is 0.343. The zero-order valence-corrected chi connectivity index (χ0v) is 21.3. The normalized spacial score (nSPS) is 18.9. The van der Waals surface area contributed by atoms with Gasteiger partial charge in [-0.3, -0.25) is 9.59 Å². The van der Waals surface area contributed by atoms with Crippen molar-refractivity contribution in [2.75, 3.05) is 13.6 Å². The Balaban J connectivity index is 1.56. The number of aromatic nitrogens is 4. The number of likely N-dealkylation sites (N-methyl/N-ethyl adjacent to an activating group) is 1. The first-order valence-corrected chi connectivity index (χ1v) is 11.9. The number of rotatable bonds is 4. The van der Waals surface area contributed by atoms with Gasteiger partial charge in [0.2, 0.25) is 5.89 Å². The van der Waals surface area contributed by atoms with Crippen molar-refractivity contribution in [1.82, 2.24) is 24.4 Å². The van der Waals surface area contributed by atoms with Crippen LogP contribution in [0.15, 0.2) is 40.9 Å². The second kappa shape index (κ2) is 9.09. The summed E-state index contributed by atoms with van der Waals surface area (Å²) in [7, 11) is 3.38. The number of fused-ring (bicyclic) bond motifs is 1. The molecule has 4 heterocycles. The summed E-state index contributed by atoms with van der Waals surface area (Å²) >= 11 is 0. The molecule has 4 aromatic rings. The largest absolute Gasteiger partial charge is 0.442 e. The van der Waals surface area contributed by atoms with Gasteiger partial charge in [-0.2, -0.15) is 0 Å². The Labute approximate surface area is 217 Å². The van der Waals surface area contributed by atoms with Crippen LogP contribution in [0, 0.1) is 18.8 Å². The van der Waals surface area contributed by atoms with Gasteiger partial charge in [0, 0.05) is 37.5 Å². The van der Waals surface area contributed by atoms with Crippen LogP contribution in [0.2, 0.25) is 0 Å². The number of carbonyl (C=O) groups is 2. The molecule has 1 aliphatic rings. The number of likely N-dealkylation sites (tertiary alicyclic amines) is 1. The Bertz CT molecular complexity index is 1660. The fraction of sp³-hybridized carbons (Fsp3) is 0.296. The number of aliphatic hydroxyl groups is 2. The van der Waals surface area contributed by atoms with Crippen LogP contribution in [0.3, 0.4) is 0 Å². The van der Waals surface area contributed by atoms with E-state index in [4.69, 9.17) is 10.2 Å². The molecular formula is C27H26N6O5. The van der Waals surface area contributed by atoms with Crippen molar-refractivity contribution >= 4 is 22.8 Å². The van der Waals surface area contributed by atoms with E-state index in [0.29, 0.717) is 40.2 Å². The third kappa shape index (κ3) is 4.30. The maximum Gasteiger partial charge on any atom is 0.268 e. The number of carbonyl (C=O) groups excluding carboxylic acids is 2. The van der Waals surface area contributed by atoms with E-state index in [0.717, 1.165) is 0 Å². The molecule has 0 aliphatic carbocycles. The van der Waals surface area contributed by atoms with Gasteiger partial charge in [0.15, 0.2) is 11.4 Å². The Morgan fingerprint density at radius 2 is 2.03 bits per heavy atom. The number of primary amides is 1. The van der Waals surface area contributed by atoms with Gasteiger partial charge in [-0.1, -0.05) is 24.0 Å². The minimum Gasteiger partial charge on any atom is -0.442 e. The van der Waals surface area contributed by atoms with Crippen LogP contribution in [0.25, 0.3) is 22.4 Å². The topological polar surface area (TPSA) is 161 Å². The summed E-state index contributed by atoms with van der Waals surface area (Å²) in [5.41, 5.74) is 6.33. The van der Waals surface area contributed by atoms with Crippen molar-refractivity contribution in [3.05, 3.63) is 65.1 Å². The molecule has 194 valence electrons. The van der Waals surface area contributed by atoms with Gasteiger partial charge in [-0.05, 0) is 32.0 Å². The summed E-state index contributed by atoms with van der Waals surface area (Å²) in [4.78, 5) is 39.2. The highest BCUT2D eigenvalue weighted by Crippen LogP contribution is 2.33. The van der Waals surface area contributed by atoms with Crippen LogP contribution in [0.4, 0.5) is 0 Å². The van der Waals surface area contributed by atoms with Crippen LogP contribution in [0.1, 0.15) is 46.2 Å². The van der Waals surface area contributed by atoms with E-state index in [9.17, 15) is 19.8 Å². The fourth-order valence-corrected chi connectivity index (χ4v) is 4.59. The number of hydrogen-bond donors (Lipinski definition) is 3. The number of aliphatic hydroxyl groups excluding tert-OH is 1. The number of nitrogens with zero attached hydrogens (tertiary/aromatic N) is 5. The first kappa shape index (κ1) is 25.1. The molecular weight excluding hydrogens is 488 g/mol. The minimum absolute atomic E-state index is 0.0256. The van der Waals surface area contributed by atoms with Crippen LogP contribution >= 0.6 is 0 Å². The Kier molecular flexibility index (Phi) is 6.01. The average Bonchev–Trinajstić information content (AvgIpc) is 3.55. The van der Waals surface area contributed by atoms with E-state index >= 15 is 0 Å². The first-order chi connectivity index (χ1) is 18.0. The lowest BCUT2D eigenvalue weighted by molar-refractivity contribution is -0.133. The zero-order chi connectivity index (χ0) is 27.4. The van der Waals surface area contributed by atoms with Gasteiger partial charge in [-0.25, -0.2) is 15.0 Å². The van der Waals surface area contributed by atoms with E-state index in [2.05, 4.69) is 26.8 Å². The molecule has 1 aromatic carbocycles. The zero-order valence-electron chi connectivity index (χ0n) is 21.3. The molecule has 3 unspecified atom stereocenters. The van der Waals surface area contributed by atoms with Crippen LogP contribution in [-0.2, 0) is 17.4 Å². The summed E-state index contributed by atoms with van der Waals surface area (Å²) < 4.78 is 7.15. The highest BCUT2D eigenvalue weighted by Gasteiger charge is 2.40. The number of aryl methyl sites for hydroxylation is 2. The number of benzene rings is 1. The summed E-state index contributed by atoms with van der Waals surface area (Å²) in [6.45, 7) is 3.54. The Morgan fingerprint density at radius 1 is 1.26 bits per heavy atom. The Morgan fingerprint density at radius 3 is 2.66 bits per heavy atom. The van der Waals surface area contributed by atoms with Crippen LogP contribution < -0.4 is 5.73 Å². The van der Waals surface area contributed by atoms with E-state index in [-0.39, 0.29) is 23.3 Å². The maximum atomic E-state index is 12.4. The standard InChI is InChI=1S/C27H26N6O5/c1-14-12-29-26(38-14)27(2,37)9-8-15-6-5-7-16(10-15)23-30-20(22(28)35)17-11-19(33(4)24(17)31-23)18-13-32(3)25(36)21(18)34/h5-7,10-12,18,21,34,37H,13H2,1-4H3,(H2,28,35). The van der Waals surface area contributed by atoms with Gasteiger partial charge in [0.05, 0.1) is 17.5 Å². The number of hydrogen-bond acceptors (Lipinski definition) is 8. The van der Waals surface area contributed by atoms with Crippen molar-refractivity contribution in [2.24, 2.45) is 12.8 Å². The van der Waals surface area contributed by atoms with E-state index in [1.807, 2.05) is 0 Å². The molecule has 0 radical (unpaired) electrons. The van der Waals surface area contributed by atoms with Gasteiger partial charge in [-0.15, -0.1) is 0 Å². The molecule has 38 heavy (non-hydrogen) atoms. The number of nitrogens with two attached hydrogens (primary N) is 1. The number of oxazole rings is 1. The van der Waals surface area contributed by atoms with Gasteiger partial charge in [0.25, 0.3) is 11.8 Å². The molecule has 2 amide bonds. The summed E-state index contributed by atoms with van der Waals surface area (Å²) in [5, 5.41) is 21.6. The van der Waals surface area contributed by atoms with Gasteiger partial charge < -0.3 is 29.8 Å². The number of amides is 2. The second-order valence-electron chi connectivity index (χ2n) is 9.57. The van der Waals surface area contributed by atoms with E-state index in [1.165, 1.54) is 18.0 Å². The molecule has 5 rings (SSSR count). The predicted molar refractivity (Wildman–Crippen MR) is 137 cm³/mol. The lowest BCUT2D eigenvalue weighted by Crippen LogP contribution is -2.26. The Hall–Kier alpha value is -4.53. The van der Waals surface area contributed by atoms with Crippen LogP contribution in [0.5, 0.6) is 0 Å². The second-order valence-corrected chi connectivity index (χ2v) is 9.57. The van der Waals surface area contributed by atoms with Crippen molar-refractivity contribution in [1.29, 1.82) is 0 Å².